The minimum atomic E-state index is -5.60. The van der Waals surface area contributed by atoms with Gasteiger partial charge in [-0.25, -0.2) is 19.7 Å². The summed E-state index contributed by atoms with van der Waals surface area (Å²) in [5, 5.41) is 21.3. The van der Waals surface area contributed by atoms with Gasteiger partial charge in [-0.2, -0.15) is 4.98 Å². The van der Waals surface area contributed by atoms with E-state index in [2.05, 4.69) is 108 Å². The fourth-order valence-corrected chi connectivity index (χ4v) is 14.7. The van der Waals surface area contributed by atoms with Gasteiger partial charge in [-0.05, 0) is 89.5 Å². The summed E-state index contributed by atoms with van der Waals surface area (Å²) in [5.41, 5.74) is 10.8. The molecular weight excluding hydrogens is 1310 g/mol. The quantitative estimate of drug-likeness (QED) is 0.0301. The Balaban J connectivity index is 0.000000410. The third kappa shape index (κ3) is 31.6. The van der Waals surface area contributed by atoms with Crippen LogP contribution in [0.15, 0.2) is 29.7 Å². The molecule has 3 fully saturated rings. The van der Waals surface area contributed by atoms with Gasteiger partial charge < -0.3 is 86.9 Å². The Morgan fingerprint density at radius 1 is 0.545 bits per heavy atom. The van der Waals surface area contributed by atoms with Crippen LogP contribution in [0.25, 0.3) is 11.2 Å². The average molecular weight is 1450 g/mol. The molecule has 3 aliphatic rings. The fraction of sp³-hybridized carbons (Fsp3) is 0.873. The molecule has 3 aromatic rings. The van der Waals surface area contributed by atoms with E-state index >= 15 is 0 Å². The summed E-state index contributed by atoms with van der Waals surface area (Å²) in [7, 11) is -11.1. The second-order valence-electron chi connectivity index (χ2n) is 27.8. The molecular formula is C71H137N11O15P2. The van der Waals surface area contributed by atoms with Gasteiger partial charge in [0.05, 0.1) is 106 Å². The number of hydrogen-bond acceptors (Lipinski definition) is 21. The second kappa shape index (κ2) is 48.8. The van der Waals surface area contributed by atoms with Gasteiger partial charge in [0.1, 0.15) is 54.3 Å². The zero-order valence-electron chi connectivity index (χ0n) is 63.3. The summed E-state index contributed by atoms with van der Waals surface area (Å²) in [6.45, 7) is 43.4. The molecule has 0 aliphatic carbocycles. The summed E-state index contributed by atoms with van der Waals surface area (Å²) in [6, 6.07) is 1.24. The van der Waals surface area contributed by atoms with Crippen molar-refractivity contribution in [2.75, 3.05) is 110 Å². The summed E-state index contributed by atoms with van der Waals surface area (Å²) in [6.07, 6.45) is 24.3. The standard InChI is InChI=1S/C23H32N8O15P2.3C16H36N/c24-12-3-4-30(23(34)29-12)22-18(45-13-2-1-5-40-13)17(11(44-22)7-41-47(35,36)37)46-48(38,39)42-6-10-15(32)16(33)21(43-10)31-9-28-14-19(25)26-8-27-20(14)31;3*1-5-9-13-17(14-10-6-2,15-11-7-3)16-12-8-4/h3-4,8-11,13,15-18,21-22,32-33H,1-2,5-7H2,(H,38,39)(H2,24,29,34)(H2,25,26,27)(H2,35,36,37);3*5-16H2,1-4H3/q;3*+1/p-3/t10-,11-,13?,15-,16-,17-,18-,21-,22-;;;/m1.../s1. The minimum Gasteiger partial charge on any atom is -0.790 e. The molecule has 99 heavy (non-hydrogen) atoms. The van der Waals surface area contributed by atoms with Crippen LogP contribution in [0.4, 0.5) is 11.6 Å². The summed E-state index contributed by atoms with van der Waals surface area (Å²) < 4.78 is 68.5. The Bertz CT molecular complexity index is 2550. The van der Waals surface area contributed by atoms with E-state index in [4.69, 9.17) is 39.5 Å². The average Bonchev–Trinajstić information content (AvgIpc) is 1.63. The molecule has 3 aromatic heterocycles. The number of hydrogen-bond donors (Lipinski definition) is 4. The number of aliphatic hydroxyl groups excluding tert-OH is 2. The Kier molecular flexibility index (Phi) is 44.4. The van der Waals surface area contributed by atoms with Crippen LogP contribution in [0.5, 0.6) is 0 Å². The third-order valence-electron chi connectivity index (χ3n) is 19.5. The molecule has 2 unspecified atom stereocenters. The number of nitrogens with two attached hydrogens (primary N) is 2. The van der Waals surface area contributed by atoms with E-state index in [-0.39, 0.29) is 22.8 Å². The molecule has 576 valence electrons. The number of aliphatic hydroxyl groups is 2. The number of unbranched alkanes of at least 4 members (excludes halogenated alkanes) is 12. The van der Waals surface area contributed by atoms with Gasteiger partial charge in [-0.3, -0.25) is 13.7 Å². The van der Waals surface area contributed by atoms with Crippen LogP contribution in [-0.4, -0.2) is 194 Å². The van der Waals surface area contributed by atoms with Gasteiger partial charge in [0.25, 0.3) is 7.82 Å². The Hall–Kier alpha value is -3.11. The highest BCUT2D eigenvalue weighted by atomic mass is 31.2. The molecule has 28 heteroatoms. The number of phosphoric ester groups is 2. The highest BCUT2D eigenvalue weighted by Crippen LogP contribution is 2.48. The second-order valence-corrected chi connectivity index (χ2v) is 30.3. The molecule has 10 atom stereocenters. The van der Waals surface area contributed by atoms with Crippen molar-refractivity contribution in [1.82, 2.24) is 29.1 Å². The third-order valence-corrected chi connectivity index (χ3v) is 20.9. The lowest BCUT2D eigenvalue weighted by Gasteiger charge is -2.39. The van der Waals surface area contributed by atoms with Gasteiger partial charge in [0.15, 0.2) is 30.2 Å². The summed E-state index contributed by atoms with van der Waals surface area (Å²) in [4.78, 5) is 64.1. The highest BCUT2D eigenvalue weighted by molar-refractivity contribution is 7.45. The van der Waals surface area contributed by atoms with Crippen LogP contribution in [0, 0.1) is 0 Å². The van der Waals surface area contributed by atoms with Crippen molar-refractivity contribution in [2.24, 2.45) is 0 Å². The monoisotopic (exact) mass is 1450 g/mol. The number of rotatable bonds is 48. The smallest absolute Gasteiger partial charge is 0.351 e. The van der Waals surface area contributed by atoms with Crippen LogP contribution in [0.3, 0.4) is 0 Å². The maximum absolute atomic E-state index is 13.2. The first-order valence-corrected chi connectivity index (χ1v) is 41.4. The maximum Gasteiger partial charge on any atom is 0.351 e. The summed E-state index contributed by atoms with van der Waals surface area (Å²) in [5.74, 6) is -0.0949. The van der Waals surface area contributed by atoms with Crippen LogP contribution in [0.1, 0.15) is 262 Å². The molecule has 3 saturated heterocycles. The van der Waals surface area contributed by atoms with Crippen molar-refractivity contribution < 1.29 is 80.0 Å². The van der Waals surface area contributed by atoms with Crippen molar-refractivity contribution in [3.05, 3.63) is 35.4 Å². The Morgan fingerprint density at radius 3 is 1.32 bits per heavy atom. The number of imidazole rings is 1. The molecule has 0 bridgehead atoms. The van der Waals surface area contributed by atoms with Crippen molar-refractivity contribution >= 4 is 38.4 Å². The molecule has 0 aromatic carbocycles. The van der Waals surface area contributed by atoms with Crippen molar-refractivity contribution in [3.63, 3.8) is 0 Å². The van der Waals surface area contributed by atoms with E-state index in [0.717, 1.165) is 10.9 Å². The van der Waals surface area contributed by atoms with Crippen LogP contribution < -0.4 is 31.8 Å². The van der Waals surface area contributed by atoms with Gasteiger partial charge in [0, 0.05) is 19.2 Å². The number of anilines is 2. The maximum atomic E-state index is 13.2. The molecule has 0 amide bonds. The van der Waals surface area contributed by atoms with Crippen molar-refractivity contribution in [2.45, 2.75) is 305 Å². The van der Waals surface area contributed by atoms with E-state index in [1.807, 2.05) is 0 Å². The lowest BCUT2D eigenvalue weighted by atomic mass is 10.1. The van der Waals surface area contributed by atoms with Crippen molar-refractivity contribution in [3.8, 4) is 0 Å². The number of phosphoric acid groups is 2. The predicted octanol–water partition coefficient (Wildman–Crippen LogP) is 11.0. The van der Waals surface area contributed by atoms with Crippen LogP contribution in [-0.2, 0) is 41.6 Å². The largest absolute Gasteiger partial charge is 0.790 e. The molecule has 0 spiro atoms. The summed E-state index contributed by atoms with van der Waals surface area (Å²) >= 11 is 0. The van der Waals surface area contributed by atoms with E-state index in [0.29, 0.717) is 19.4 Å². The fourth-order valence-electron chi connectivity index (χ4n) is 13.4. The van der Waals surface area contributed by atoms with Crippen molar-refractivity contribution in [1.29, 1.82) is 0 Å². The van der Waals surface area contributed by atoms with Gasteiger partial charge >= 0.3 is 5.69 Å². The lowest BCUT2D eigenvalue weighted by molar-refractivity contribution is -0.929. The van der Waals surface area contributed by atoms with E-state index in [1.165, 1.54) is 269 Å². The van der Waals surface area contributed by atoms with Crippen LogP contribution >= 0.6 is 15.6 Å². The molecule has 6 heterocycles. The van der Waals surface area contributed by atoms with Gasteiger partial charge in [-0.1, -0.05) is 160 Å². The first-order valence-electron chi connectivity index (χ1n) is 38.5. The number of aromatic nitrogens is 6. The van der Waals surface area contributed by atoms with Gasteiger partial charge in [-0.15, -0.1) is 0 Å². The molecule has 6 N–H and O–H groups in total. The topological polar surface area (TPSA) is 339 Å². The molecule has 3 aliphatic heterocycles. The van der Waals surface area contributed by atoms with Crippen LogP contribution in [0.2, 0.25) is 0 Å². The number of quaternary nitrogens is 3. The normalized spacial score (nSPS) is 21.8. The predicted molar refractivity (Wildman–Crippen MR) is 386 cm³/mol. The molecule has 0 saturated carbocycles. The number of nitrogens with zero attached hydrogens (tertiary/aromatic N) is 9. The zero-order valence-corrected chi connectivity index (χ0v) is 65.1. The number of fused-ring (bicyclic) bond motifs is 1. The Morgan fingerprint density at radius 2 is 0.949 bits per heavy atom. The highest BCUT2D eigenvalue weighted by Gasteiger charge is 2.52. The number of ether oxygens (including phenoxy) is 4. The number of nitrogen functional groups attached to an aromatic ring is 2. The van der Waals surface area contributed by atoms with E-state index in [1.54, 1.807) is 0 Å². The Labute approximate surface area is 595 Å². The lowest BCUT2D eigenvalue weighted by Crippen LogP contribution is -2.50. The molecule has 0 radical (unpaired) electrons. The molecule has 6 rings (SSSR count). The van der Waals surface area contributed by atoms with E-state index < -0.39 is 89.9 Å². The van der Waals surface area contributed by atoms with E-state index in [9.17, 15) is 38.8 Å². The molecule has 26 nitrogen and oxygen atoms in total. The SMILES string of the molecule is CCCC[N+](CCCC)(CCCC)CCCC.CCCC[N+](CCCC)(CCCC)CCCC.CCCC[N+](CCCC)(CCCC)CCCC.Nc1ccn([C@@H]2O[C@H](COP(=O)([O-])[O-])[C@@H](OP(=O)([O-])OC[C@H]3O[C@@H](n4cnc5c(N)ncnc54)[C@H](O)[C@@H]3O)[C@H]2OC2CCCO2)c(=O)n1. The first-order chi connectivity index (χ1) is 47.4. The van der Waals surface area contributed by atoms with Gasteiger partial charge in [0.2, 0.25) is 0 Å². The first kappa shape index (κ1) is 90.1. The zero-order chi connectivity index (χ0) is 73.3. The minimum absolute atomic E-state index is 0.0468.